The maximum Gasteiger partial charge on any atom is 0.185 e. The Balaban J connectivity index is 2.27. The third kappa shape index (κ3) is 5.19. The van der Waals surface area contributed by atoms with E-state index in [4.69, 9.17) is 11.1 Å². The van der Waals surface area contributed by atoms with Gasteiger partial charge in [-0.25, -0.2) is 0 Å². The van der Waals surface area contributed by atoms with Gasteiger partial charge in [-0.05, 0) is 37.4 Å². The van der Waals surface area contributed by atoms with Crippen LogP contribution in [0.15, 0.2) is 24.3 Å². The van der Waals surface area contributed by atoms with Crippen LogP contribution in [0.1, 0.15) is 37.4 Å². The average Bonchev–Trinajstić information content (AvgIpc) is 2.38. The lowest BCUT2D eigenvalue weighted by Gasteiger charge is -2.14. The molecule has 100 valence electrons. The van der Waals surface area contributed by atoms with Crippen molar-refractivity contribution in [2.45, 2.75) is 32.7 Å². The minimum Gasteiger partial charge on any atom is -0.370 e. The van der Waals surface area contributed by atoms with Crippen molar-refractivity contribution >= 4 is 5.96 Å². The normalized spacial score (nSPS) is 12.1. The highest BCUT2D eigenvalue weighted by Gasteiger charge is 2.03. The second-order valence-corrected chi connectivity index (χ2v) is 4.46. The summed E-state index contributed by atoms with van der Waals surface area (Å²) < 4.78 is 0. The van der Waals surface area contributed by atoms with Gasteiger partial charge in [-0.1, -0.05) is 31.2 Å². The zero-order valence-corrected chi connectivity index (χ0v) is 11.3. The summed E-state index contributed by atoms with van der Waals surface area (Å²) >= 11 is 0. The Hall–Kier alpha value is -1.55. The Morgan fingerprint density at radius 1 is 1.28 bits per heavy atom. The van der Waals surface area contributed by atoms with E-state index in [1.54, 1.807) is 0 Å². The van der Waals surface area contributed by atoms with Gasteiger partial charge in [0.25, 0.3) is 0 Å². The molecule has 1 atom stereocenters. The minimum absolute atomic E-state index is 0.0400. The van der Waals surface area contributed by atoms with E-state index in [0.29, 0.717) is 6.04 Å². The Morgan fingerprint density at radius 2 is 1.94 bits per heavy atom. The van der Waals surface area contributed by atoms with E-state index >= 15 is 0 Å². The largest absolute Gasteiger partial charge is 0.370 e. The van der Waals surface area contributed by atoms with Crippen molar-refractivity contribution in [1.82, 2.24) is 10.6 Å². The van der Waals surface area contributed by atoms with Gasteiger partial charge in [-0.3, -0.25) is 5.41 Å². The van der Waals surface area contributed by atoms with E-state index in [1.807, 2.05) is 0 Å². The summed E-state index contributed by atoms with van der Waals surface area (Å²) in [4.78, 5) is 0. The molecule has 0 radical (unpaired) electrons. The number of nitrogens with two attached hydrogens (primary N) is 1. The molecule has 0 saturated heterocycles. The lowest BCUT2D eigenvalue weighted by atomic mass is 10.1. The molecule has 4 heteroatoms. The monoisotopic (exact) mass is 248 g/mol. The molecular formula is C14H24N4. The van der Waals surface area contributed by atoms with Crippen molar-refractivity contribution in [2.24, 2.45) is 5.73 Å². The van der Waals surface area contributed by atoms with Crippen molar-refractivity contribution in [3.8, 4) is 0 Å². The Kier molecular flexibility index (Phi) is 6.22. The molecule has 4 nitrogen and oxygen atoms in total. The van der Waals surface area contributed by atoms with E-state index in [-0.39, 0.29) is 5.96 Å². The fourth-order valence-electron chi connectivity index (χ4n) is 1.79. The first kappa shape index (κ1) is 14.5. The lowest BCUT2D eigenvalue weighted by molar-refractivity contribution is 0.555. The van der Waals surface area contributed by atoms with E-state index in [0.717, 1.165) is 25.9 Å². The van der Waals surface area contributed by atoms with E-state index < -0.39 is 0 Å². The maximum absolute atomic E-state index is 7.03. The summed E-state index contributed by atoms with van der Waals surface area (Å²) in [5.74, 6) is 0.0400. The number of nitrogens with one attached hydrogen (secondary N) is 3. The molecule has 1 rings (SSSR count). The van der Waals surface area contributed by atoms with Crippen molar-refractivity contribution in [2.75, 3.05) is 13.1 Å². The van der Waals surface area contributed by atoms with Crippen LogP contribution in [0.25, 0.3) is 0 Å². The van der Waals surface area contributed by atoms with E-state index in [2.05, 4.69) is 48.7 Å². The third-order valence-electron chi connectivity index (χ3n) is 3.01. The van der Waals surface area contributed by atoms with Crippen molar-refractivity contribution in [3.63, 3.8) is 0 Å². The molecule has 0 amide bonds. The standard InChI is InChI=1S/C14H24N4/c1-3-12-5-7-13(8-6-12)11(2)17-9-4-10-18-14(15)16/h5-8,11,17H,3-4,9-10H2,1-2H3,(H4,15,16,18). The Bertz CT molecular complexity index is 359. The predicted octanol–water partition coefficient (Wildman–Crippen LogP) is 1.77. The number of rotatable bonds is 7. The van der Waals surface area contributed by atoms with Crippen LogP contribution in [0.5, 0.6) is 0 Å². The summed E-state index contributed by atoms with van der Waals surface area (Å²) in [7, 11) is 0. The first-order valence-electron chi connectivity index (χ1n) is 6.53. The Labute approximate surface area is 109 Å². The number of guanidine groups is 1. The molecule has 0 bridgehead atoms. The van der Waals surface area contributed by atoms with Gasteiger partial charge >= 0.3 is 0 Å². The van der Waals surface area contributed by atoms with Crippen LogP contribution >= 0.6 is 0 Å². The molecule has 0 spiro atoms. The van der Waals surface area contributed by atoms with Crippen LogP contribution in [-0.2, 0) is 6.42 Å². The summed E-state index contributed by atoms with van der Waals surface area (Å²) in [6.45, 7) is 5.98. The molecule has 0 fully saturated rings. The molecule has 5 N–H and O–H groups in total. The second-order valence-electron chi connectivity index (χ2n) is 4.46. The summed E-state index contributed by atoms with van der Waals surface area (Å²) in [5.41, 5.74) is 7.89. The SMILES string of the molecule is CCc1ccc(C(C)NCCCNC(=N)N)cc1. The van der Waals surface area contributed by atoms with Crippen molar-refractivity contribution < 1.29 is 0 Å². The highest BCUT2D eigenvalue weighted by atomic mass is 15.0. The second kappa shape index (κ2) is 7.71. The van der Waals surface area contributed by atoms with Gasteiger partial charge < -0.3 is 16.4 Å². The average molecular weight is 248 g/mol. The van der Waals surface area contributed by atoms with Gasteiger partial charge in [0.05, 0.1) is 0 Å². The van der Waals surface area contributed by atoms with Crippen LogP contribution < -0.4 is 16.4 Å². The Morgan fingerprint density at radius 3 is 2.50 bits per heavy atom. The zero-order chi connectivity index (χ0) is 13.4. The smallest absolute Gasteiger partial charge is 0.185 e. The van der Waals surface area contributed by atoms with E-state index in [1.165, 1.54) is 11.1 Å². The fraction of sp³-hybridized carbons (Fsp3) is 0.500. The van der Waals surface area contributed by atoms with Crippen LogP contribution in [-0.4, -0.2) is 19.0 Å². The highest BCUT2D eigenvalue weighted by molar-refractivity contribution is 5.74. The molecule has 0 aliphatic carbocycles. The van der Waals surface area contributed by atoms with Gasteiger partial charge in [0.15, 0.2) is 5.96 Å². The van der Waals surface area contributed by atoms with Gasteiger partial charge in [-0.15, -0.1) is 0 Å². The molecule has 0 saturated carbocycles. The van der Waals surface area contributed by atoms with Crippen LogP contribution in [0.4, 0.5) is 0 Å². The van der Waals surface area contributed by atoms with Crippen LogP contribution in [0.3, 0.4) is 0 Å². The molecule has 0 aromatic heterocycles. The molecule has 0 heterocycles. The molecule has 0 aliphatic heterocycles. The van der Waals surface area contributed by atoms with Gasteiger partial charge in [-0.2, -0.15) is 0 Å². The fourth-order valence-corrected chi connectivity index (χ4v) is 1.79. The van der Waals surface area contributed by atoms with E-state index in [9.17, 15) is 0 Å². The molecule has 1 unspecified atom stereocenters. The first-order chi connectivity index (χ1) is 8.63. The molecule has 18 heavy (non-hydrogen) atoms. The molecule has 0 aliphatic rings. The summed E-state index contributed by atoms with van der Waals surface area (Å²) in [6, 6.07) is 9.10. The predicted molar refractivity (Wildman–Crippen MR) is 76.8 cm³/mol. The maximum atomic E-state index is 7.03. The summed E-state index contributed by atoms with van der Waals surface area (Å²) in [6.07, 6.45) is 2.04. The number of aryl methyl sites for hydroxylation is 1. The summed E-state index contributed by atoms with van der Waals surface area (Å²) in [5, 5.41) is 13.3. The van der Waals surface area contributed by atoms with Gasteiger partial charge in [0.2, 0.25) is 0 Å². The van der Waals surface area contributed by atoms with Gasteiger partial charge in [0.1, 0.15) is 0 Å². The van der Waals surface area contributed by atoms with Crippen LogP contribution in [0.2, 0.25) is 0 Å². The lowest BCUT2D eigenvalue weighted by Crippen LogP contribution is -2.32. The van der Waals surface area contributed by atoms with Crippen molar-refractivity contribution in [3.05, 3.63) is 35.4 Å². The quantitative estimate of drug-likeness (QED) is 0.337. The topological polar surface area (TPSA) is 73.9 Å². The molecular weight excluding hydrogens is 224 g/mol. The zero-order valence-electron chi connectivity index (χ0n) is 11.3. The number of hydrogen-bond acceptors (Lipinski definition) is 2. The van der Waals surface area contributed by atoms with Crippen LogP contribution in [0, 0.1) is 5.41 Å². The van der Waals surface area contributed by atoms with Crippen molar-refractivity contribution in [1.29, 1.82) is 5.41 Å². The minimum atomic E-state index is 0.0400. The molecule has 1 aromatic carbocycles. The number of hydrogen-bond donors (Lipinski definition) is 4. The van der Waals surface area contributed by atoms with Gasteiger partial charge in [0, 0.05) is 12.6 Å². The molecule has 1 aromatic rings. The number of benzene rings is 1. The third-order valence-corrected chi connectivity index (χ3v) is 3.01. The highest BCUT2D eigenvalue weighted by Crippen LogP contribution is 2.13. The first-order valence-corrected chi connectivity index (χ1v) is 6.53.